The van der Waals surface area contributed by atoms with Crippen molar-refractivity contribution in [2.24, 2.45) is 0 Å². The molecule has 19 heavy (non-hydrogen) atoms. The standard InChI is InChI=1S/C14H16N4O/c1-10-8-12(15-2)11(9-17-10)14(19)18(3)13-6-4-5-7-16-13/h4-9H,1-3H3,(H,15,17). The van der Waals surface area contributed by atoms with Gasteiger partial charge in [-0.1, -0.05) is 6.07 Å². The minimum absolute atomic E-state index is 0.143. The molecule has 98 valence electrons. The predicted molar refractivity (Wildman–Crippen MR) is 75.5 cm³/mol. The summed E-state index contributed by atoms with van der Waals surface area (Å²) in [7, 11) is 3.48. The topological polar surface area (TPSA) is 58.1 Å². The molecule has 0 bridgehead atoms. The van der Waals surface area contributed by atoms with Crippen LogP contribution in [-0.4, -0.2) is 30.0 Å². The monoisotopic (exact) mass is 256 g/mol. The molecular weight excluding hydrogens is 240 g/mol. The molecule has 0 atom stereocenters. The van der Waals surface area contributed by atoms with E-state index in [2.05, 4.69) is 15.3 Å². The van der Waals surface area contributed by atoms with Crippen molar-refractivity contribution < 1.29 is 4.79 Å². The molecule has 5 heteroatoms. The predicted octanol–water partition coefficient (Wildman–Crippen LogP) is 2.10. The van der Waals surface area contributed by atoms with Gasteiger partial charge in [0.05, 0.1) is 11.3 Å². The summed E-state index contributed by atoms with van der Waals surface area (Å²) in [5.74, 6) is 0.464. The van der Waals surface area contributed by atoms with Gasteiger partial charge in [0.15, 0.2) is 0 Å². The summed E-state index contributed by atoms with van der Waals surface area (Å²) in [6.45, 7) is 1.89. The zero-order valence-electron chi connectivity index (χ0n) is 11.2. The average Bonchev–Trinajstić information content (AvgIpc) is 2.46. The molecule has 0 spiro atoms. The number of carbonyl (C=O) groups excluding carboxylic acids is 1. The Morgan fingerprint density at radius 3 is 2.74 bits per heavy atom. The van der Waals surface area contributed by atoms with Crippen LogP contribution in [-0.2, 0) is 0 Å². The van der Waals surface area contributed by atoms with Gasteiger partial charge >= 0.3 is 0 Å². The molecule has 0 radical (unpaired) electrons. The van der Waals surface area contributed by atoms with Crippen LogP contribution in [0.25, 0.3) is 0 Å². The molecule has 2 aromatic heterocycles. The van der Waals surface area contributed by atoms with Gasteiger partial charge in [0, 0.05) is 32.2 Å². The molecule has 0 aromatic carbocycles. The molecule has 1 amide bonds. The second kappa shape index (κ2) is 5.48. The molecule has 0 saturated carbocycles. The lowest BCUT2D eigenvalue weighted by Gasteiger charge is -2.18. The lowest BCUT2D eigenvalue weighted by Crippen LogP contribution is -2.27. The highest BCUT2D eigenvalue weighted by atomic mass is 16.2. The Hall–Kier alpha value is -2.43. The maximum Gasteiger partial charge on any atom is 0.262 e. The van der Waals surface area contributed by atoms with Crippen LogP contribution >= 0.6 is 0 Å². The van der Waals surface area contributed by atoms with E-state index in [9.17, 15) is 4.79 Å². The van der Waals surface area contributed by atoms with Crippen LogP contribution in [0.3, 0.4) is 0 Å². The van der Waals surface area contributed by atoms with Gasteiger partial charge < -0.3 is 5.32 Å². The molecule has 0 aliphatic rings. The molecule has 2 heterocycles. The first kappa shape index (κ1) is 13.0. The second-order valence-corrected chi connectivity index (χ2v) is 4.17. The summed E-state index contributed by atoms with van der Waals surface area (Å²) in [5.41, 5.74) is 2.16. The van der Waals surface area contributed by atoms with Crippen molar-refractivity contribution >= 4 is 17.4 Å². The minimum atomic E-state index is -0.143. The smallest absolute Gasteiger partial charge is 0.262 e. The lowest BCUT2D eigenvalue weighted by atomic mass is 10.2. The van der Waals surface area contributed by atoms with Crippen LogP contribution in [0, 0.1) is 6.92 Å². The number of aryl methyl sites for hydroxylation is 1. The summed E-state index contributed by atoms with van der Waals surface area (Å²) in [6.07, 6.45) is 3.24. The maximum absolute atomic E-state index is 12.4. The van der Waals surface area contributed by atoms with E-state index >= 15 is 0 Å². The highest BCUT2D eigenvalue weighted by Gasteiger charge is 2.18. The van der Waals surface area contributed by atoms with Crippen LogP contribution in [0.2, 0.25) is 0 Å². The van der Waals surface area contributed by atoms with E-state index in [0.29, 0.717) is 11.4 Å². The normalized spacial score (nSPS) is 10.1. The summed E-state index contributed by atoms with van der Waals surface area (Å²) < 4.78 is 0. The van der Waals surface area contributed by atoms with E-state index in [0.717, 1.165) is 11.4 Å². The lowest BCUT2D eigenvalue weighted by molar-refractivity contribution is 0.0992. The van der Waals surface area contributed by atoms with Gasteiger partial charge in [0.2, 0.25) is 0 Å². The molecule has 0 aliphatic heterocycles. The van der Waals surface area contributed by atoms with Gasteiger partial charge in [0.1, 0.15) is 5.82 Å². The van der Waals surface area contributed by atoms with Crippen molar-refractivity contribution in [3.8, 4) is 0 Å². The first-order valence-electron chi connectivity index (χ1n) is 5.97. The van der Waals surface area contributed by atoms with Crippen LogP contribution < -0.4 is 10.2 Å². The summed E-state index contributed by atoms with van der Waals surface area (Å²) in [6, 6.07) is 7.30. The fourth-order valence-corrected chi connectivity index (χ4v) is 1.77. The molecule has 2 aromatic rings. The van der Waals surface area contributed by atoms with E-state index in [1.807, 2.05) is 25.1 Å². The van der Waals surface area contributed by atoms with Crippen LogP contribution in [0.4, 0.5) is 11.5 Å². The number of pyridine rings is 2. The molecular formula is C14H16N4O. The number of nitrogens with one attached hydrogen (secondary N) is 1. The number of hydrogen-bond donors (Lipinski definition) is 1. The average molecular weight is 256 g/mol. The number of amides is 1. The van der Waals surface area contributed by atoms with E-state index in [4.69, 9.17) is 0 Å². The maximum atomic E-state index is 12.4. The third-order valence-electron chi connectivity index (χ3n) is 2.84. The van der Waals surface area contributed by atoms with E-state index in [1.54, 1.807) is 32.6 Å². The van der Waals surface area contributed by atoms with Gasteiger partial charge in [0.25, 0.3) is 5.91 Å². The first-order chi connectivity index (χ1) is 9.13. The summed E-state index contributed by atoms with van der Waals surface area (Å²) in [5, 5.41) is 3.02. The largest absolute Gasteiger partial charge is 0.387 e. The fourth-order valence-electron chi connectivity index (χ4n) is 1.77. The molecule has 2 rings (SSSR count). The number of hydrogen-bond acceptors (Lipinski definition) is 4. The third-order valence-corrected chi connectivity index (χ3v) is 2.84. The highest BCUT2D eigenvalue weighted by Crippen LogP contribution is 2.19. The van der Waals surface area contributed by atoms with Gasteiger partial charge in [-0.2, -0.15) is 0 Å². The Bertz CT molecular complexity index is 583. The van der Waals surface area contributed by atoms with Gasteiger partial charge in [-0.3, -0.25) is 14.7 Å². The van der Waals surface area contributed by atoms with Crippen molar-refractivity contribution in [1.29, 1.82) is 0 Å². The SMILES string of the molecule is CNc1cc(C)ncc1C(=O)N(C)c1ccccn1. The molecule has 1 N–H and O–H groups in total. The van der Waals surface area contributed by atoms with Gasteiger partial charge in [-0.25, -0.2) is 4.98 Å². The van der Waals surface area contributed by atoms with Crippen LogP contribution in [0.1, 0.15) is 16.1 Å². The Balaban J connectivity index is 2.34. The summed E-state index contributed by atoms with van der Waals surface area (Å²) >= 11 is 0. The molecule has 0 saturated heterocycles. The highest BCUT2D eigenvalue weighted by molar-refractivity contribution is 6.08. The number of carbonyl (C=O) groups is 1. The zero-order valence-corrected chi connectivity index (χ0v) is 11.2. The van der Waals surface area contributed by atoms with Crippen molar-refractivity contribution in [1.82, 2.24) is 9.97 Å². The quantitative estimate of drug-likeness (QED) is 0.913. The fraction of sp³-hybridized carbons (Fsp3) is 0.214. The molecule has 0 unspecified atom stereocenters. The Morgan fingerprint density at radius 2 is 2.11 bits per heavy atom. The van der Waals surface area contributed by atoms with Crippen LogP contribution in [0.5, 0.6) is 0 Å². The number of rotatable bonds is 3. The first-order valence-corrected chi connectivity index (χ1v) is 5.97. The van der Waals surface area contributed by atoms with E-state index in [1.165, 1.54) is 4.90 Å². The minimum Gasteiger partial charge on any atom is -0.387 e. The van der Waals surface area contributed by atoms with Crippen LogP contribution in [0.15, 0.2) is 36.7 Å². The van der Waals surface area contributed by atoms with Gasteiger partial charge in [-0.05, 0) is 25.1 Å². The second-order valence-electron chi connectivity index (χ2n) is 4.17. The van der Waals surface area contributed by atoms with Crippen molar-refractivity contribution in [3.05, 3.63) is 47.9 Å². The molecule has 0 fully saturated rings. The van der Waals surface area contributed by atoms with Crippen molar-refractivity contribution in [2.45, 2.75) is 6.92 Å². The molecule has 0 aliphatic carbocycles. The number of anilines is 2. The Kier molecular flexibility index (Phi) is 3.75. The molecule has 5 nitrogen and oxygen atoms in total. The van der Waals surface area contributed by atoms with Crippen molar-refractivity contribution in [3.63, 3.8) is 0 Å². The van der Waals surface area contributed by atoms with Crippen molar-refractivity contribution in [2.75, 3.05) is 24.3 Å². The number of aromatic nitrogens is 2. The Morgan fingerprint density at radius 1 is 1.32 bits per heavy atom. The van der Waals surface area contributed by atoms with E-state index in [-0.39, 0.29) is 5.91 Å². The summed E-state index contributed by atoms with van der Waals surface area (Å²) in [4.78, 5) is 22.3. The van der Waals surface area contributed by atoms with Gasteiger partial charge in [-0.15, -0.1) is 0 Å². The zero-order chi connectivity index (χ0) is 13.8. The van der Waals surface area contributed by atoms with E-state index < -0.39 is 0 Å². The third kappa shape index (κ3) is 2.70. The number of nitrogens with zero attached hydrogens (tertiary/aromatic N) is 3. The Labute approximate surface area is 112 Å².